The molecule has 1 N–H and O–H groups in total. The average molecular weight is 259 g/mol. The highest BCUT2D eigenvalue weighted by molar-refractivity contribution is 9.10. The van der Waals surface area contributed by atoms with Gasteiger partial charge < -0.3 is 9.84 Å². The molecule has 0 aliphatic heterocycles. The molecule has 0 atom stereocenters. The van der Waals surface area contributed by atoms with Crippen molar-refractivity contribution in [1.82, 2.24) is 0 Å². The molecule has 1 rings (SSSR count). The summed E-state index contributed by atoms with van der Waals surface area (Å²) in [6.45, 7) is 0. The van der Waals surface area contributed by atoms with Crippen molar-refractivity contribution in [2.24, 2.45) is 0 Å². The van der Waals surface area contributed by atoms with E-state index in [1.807, 2.05) is 0 Å². The summed E-state index contributed by atoms with van der Waals surface area (Å²) >= 11 is 3.11. The molecule has 14 heavy (non-hydrogen) atoms. The standard InChI is InChI=1S/C9H7BrO4/c1-14-9(13)7-3-6(10)2-5(4-11)8(7)12/h2-4,12H,1H3. The summed E-state index contributed by atoms with van der Waals surface area (Å²) in [5, 5.41) is 9.46. The van der Waals surface area contributed by atoms with Crippen molar-refractivity contribution in [2.75, 3.05) is 7.11 Å². The molecule has 74 valence electrons. The second-order valence-electron chi connectivity index (χ2n) is 2.50. The number of rotatable bonds is 2. The Balaban J connectivity index is 3.36. The molecule has 0 aliphatic rings. The van der Waals surface area contributed by atoms with Gasteiger partial charge in [-0.2, -0.15) is 0 Å². The van der Waals surface area contributed by atoms with Crippen LogP contribution < -0.4 is 0 Å². The summed E-state index contributed by atoms with van der Waals surface area (Å²) in [4.78, 5) is 21.6. The first kappa shape index (κ1) is 10.7. The van der Waals surface area contributed by atoms with Crippen molar-refractivity contribution in [1.29, 1.82) is 0 Å². The number of esters is 1. The molecule has 0 fully saturated rings. The number of phenolic OH excluding ortho intramolecular Hbond substituents is 1. The first-order chi connectivity index (χ1) is 6.60. The van der Waals surface area contributed by atoms with Gasteiger partial charge in [-0.25, -0.2) is 4.79 Å². The fourth-order valence-electron chi connectivity index (χ4n) is 0.976. The molecule has 1 aromatic carbocycles. The Kier molecular flexibility index (Phi) is 3.24. The van der Waals surface area contributed by atoms with Crippen molar-refractivity contribution in [3.05, 3.63) is 27.7 Å². The van der Waals surface area contributed by atoms with Crippen LogP contribution in [-0.2, 0) is 4.74 Å². The molecule has 0 saturated heterocycles. The van der Waals surface area contributed by atoms with Crippen LogP contribution >= 0.6 is 15.9 Å². The lowest BCUT2D eigenvalue weighted by atomic mass is 10.1. The van der Waals surface area contributed by atoms with E-state index in [0.29, 0.717) is 10.8 Å². The molecule has 0 heterocycles. The Bertz CT molecular complexity index is 387. The minimum atomic E-state index is -0.688. The second-order valence-corrected chi connectivity index (χ2v) is 3.42. The van der Waals surface area contributed by atoms with Gasteiger partial charge in [-0.3, -0.25) is 4.79 Å². The van der Waals surface area contributed by atoms with Crippen molar-refractivity contribution < 1.29 is 19.4 Å². The van der Waals surface area contributed by atoms with Gasteiger partial charge >= 0.3 is 5.97 Å². The van der Waals surface area contributed by atoms with Crippen LogP contribution in [0.25, 0.3) is 0 Å². The van der Waals surface area contributed by atoms with E-state index in [2.05, 4.69) is 20.7 Å². The third-order valence-electron chi connectivity index (χ3n) is 1.64. The van der Waals surface area contributed by atoms with Crippen molar-refractivity contribution in [3.63, 3.8) is 0 Å². The molecule has 0 bridgehead atoms. The molecular formula is C9H7BrO4. The zero-order valence-corrected chi connectivity index (χ0v) is 8.87. The van der Waals surface area contributed by atoms with Gasteiger partial charge in [-0.1, -0.05) is 15.9 Å². The minimum Gasteiger partial charge on any atom is -0.506 e. The van der Waals surface area contributed by atoms with Crippen LogP contribution in [0.5, 0.6) is 5.75 Å². The minimum absolute atomic E-state index is 0.0380. The van der Waals surface area contributed by atoms with Crippen LogP contribution in [0.2, 0.25) is 0 Å². The number of carbonyl (C=O) groups is 2. The smallest absolute Gasteiger partial charge is 0.341 e. The van der Waals surface area contributed by atoms with Gasteiger partial charge in [0.25, 0.3) is 0 Å². The summed E-state index contributed by atoms with van der Waals surface area (Å²) in [6.07, 6.45) is 0.465. The van der Waals surface area contributed by atoms with Crippen LogP contribution in [0.3, 0.4) is 0 Å². The summed E-state index contributed by atoms with van der Waals surface area (Å²) in [5.41, 5.74) is 0.00347. The number of ether oxygens (including phenoxy) is 1. The van der Waals surface area contributed by atoms with E-state index in [0.717, 1.165) is 0 Å². The number of aromatic hydroxyl groups is 1. The number of aldehydes is 1. The molecule has 0 aliphatic carbocycles. The monoisotopic (exact) mass is 258 g/mol. The van der Waals surface area contributed by atoms with Crippen molar-refractivity contribution in [3.8, 4) is 5.75 Å². The molecule has 4 nitrogen and oxygen atoms in total. The first-order valence-corrected chi connectivity index (χ1v) is 4.45. The Morgan fingerprint density at radius 2 is 2.21 bits per heavy atom. The van der Waals surface area contributed by atoms with Gasteiger partial charge in [0, 0.05) is 4.47 Å². The van der Waals surface area contributed by atoms with Gasteiger partial charge in [0.2, 0.25) is 0 Å². The summed E-state index contributed by atoms with van der Waals surface area (Å²) in [6, 6.07) is 2.79. The van der Waals surface area contributed by atoms with E-state index in [-0.39, 0.29) is 16.9 Å². The zero-order valence-electron chi connectivity index (χ0n) is 7.28. The lowest BCUT2D eigenvalue weighted by Crippen LogP contribution is -2.03. The van der Waals surface area contributed by atoms with Crippen LogP contribution in [0, 0.1) is 0 Å². The lowest BCUT2D eigenvalue weighted by molar-refractivity contribution is 0.0597. The predicted molar refractivity (Wildman–Crippen MR) is 52.5 cm³/mol. The predicted octanol–water partition coefficient (Wildman–Crippen LogP) is 1.75. The third-order valence-corrected chi connectivity index (χ3v) is 2.09. The zero-order chi connectivity index (χ0) is 10.7. The van der Waals surface area contributed by atoms with E-state index >= 15 is 0 Å². The molecule has 0 radical (unpaired) electrons. The fourth-order valence-corrected chi connectivity index (χ4v) is 1.45. The van der Waals surface area contributed by atoms with Gasteiger partial charge in [0.15, 0.2) is 6.29 Å². The van der Waals surface area contributed by atoms with Crippen LogP contribution in [0.4, 0.5) is 0 Å². The first-order valence-electron chi connectivity index (χ1n) is 3.66. The van der Waals surface area contributed by atoms with Crippen molar-refractivity contribution >= 4 is 28.2 Å². The number of halogens is 1. The number of phenols is 1. The molecule has 0 aromatic heterocycles. The van der Waals surface area contributed by atoms with Crippen LogP contribution in [-0.4, -0.2) is 24.5 Å². The van der Waals surface area contributed by atoms with Gasteiger partial charge in [0.1, 0.15) is 11.3 Å². The average Bonchev–Trinajstić information content (AvgIpc) is 2.19. The fraction of sp³-hybridized carbons (Fsp3) is 0.111. The van der Waals surface area contributed by atoms with Gasteiger partial charge in [-0.15, -0.1) is 0 Å². The molecule has 0 spiro atoms. The number of benzene rings is 1. The third kappa shape index (κ3) is 1.93. The molecular weight excluding hydrogens is 252 g/mol. The summed E-state index contributed by atoms with van der Waals surface area (Å²) in [7, 11) is 1.20. The molecule has 0 saturated carbocycles. The Hall–Kier alpha value is -1.36. The topological polar surface area (TPSA) is 63.6 Å². The highest BCUT2D eigenvalue weighted by Crippen LogP contribution is 2.26. The SMILES string of the molecule is COC(=O)c1cc(Br)cc(C=O)c1O. The lowest BCUT2D eigenvalue weighted by Gasteiger charge is -2.05. The van der Waals surface area contributed by atoms with Crippen LogP contribution in [0.15, 0.2) is 16.6 Å². The maximum Gasteiger partial charge on any atom is 0.341 e. The van der Waals surface area contributed by atoms with Crippen molar-refractivity contribution in [2.45, 2.75) is 0 Å². The number of methoxy groups -OCH3 is 1. The number of carbonyl (C=O) groups excluding carboxylic acids is 2. The number of hydrogen-bond acceptors (Lipinski definition) is 4. The maximum absolute atomic E-state index is 11.1. The molecule has 1 aromatic rings. The molecule has 0 unspecified atom stereocenters. The Morgan fingerprint density at radius 1 is 1.57 bits per heavy atom. The Labute approximate surface area is 88.6 Å². The highest BCUT2D eigenvalue weighted by atomic mass is 79.9. The van der Waals surface area contributed by atoms with E-state index < -0.39 is 5.97 Å². The second kappa shape index (κ2) is 4.23. The Morgan fingerprint density at radius 3 is 2.71 bits per heavy atom. The highest BCUT2D eigenvalue weighted by Gasteiger charge is 2.15. The summed E-state index contributed by atoms with van der Waals surface area (Å²) < 4.78 is 4.96. The number of hydrogen-bond donors (Lipinski definition) is 1. The normalized spacial score (nSPS) is 9.57. The van der Waals surface area contributed by atoms with E-state index in [9.17, 15) is 14.7 Å². The van der Waals surface area contributed by atoms with E-state index in [1.54, 1.807) is 0 Å². The quantitative estimate of drug-likeness (QED) is 0.649. The maximum atomic E-state index is 11.1. The molecule has 5 heteroatoms. The summed E-state index contributed by atoms with van der Waals surface area (Å²) in [5.74, 6) is -1.05. The largest absolute Gasteiger partial charge is 0.506 e. The van der Waals surface area contributed by atoms with Gasteiger partial charge in [-0.05, 0) is 12.1 Å². The van der Waals surface area contributed by atoms with Gasteiger partial charge in [0.05, 0.1) is 12.7 Å². The van der Waals surface area contributed by atoms with E-state index in [4.69, 9.17) is 0 Å². The van der Waals surface area contributed by atoms with Crippen LogP contribution in [0.1, 0.15) is 20.7 Å². The molecule has 0 amide bonds. The van der Waals surface area contributed by atoms with E-state index in [1.165, 1.54) is 19.2 Å².